The van der Waals surface area contributed by atoms with Gasteiger partial charge in [-0.15, -0.1) is 11.3 Å². The van der Waals surface area contributed by atoms with E-state index < -0.39 is 12.1 Å². The van der Waals surface area contributed by atoms with Crippen molar-refractivity contribution in [1.82, 2.24) is 25.4 Å². The molecule has 4 N–H and O–H groups in total. The monoisotopic (exact) mass is 477 g/mol. The minimum atomic E-state index is -0.647. The molecular weight excluding hydrogens is 454 g/mol. The Morgan fingerprint density at radius 2 is 2.12 bits per heavy atom. The van der Waals surface area contributed by atoms with Crippen molar-refractivity contribution in [1.29, 1.82) is 10.8 Å². The van der Waals surface area contributed by atoms with E-state index in [4.69, 9.17) is 31.9 Å². The van der Waals surface area contributed by atoms with Crippen LogP contribution in [-0.4, -0.2) is 53.2 Å². The molecule has 1 atom stereocenters. The lowest BCUT2D eigenvalue weighted by molar-refractivity contribution is 0.163. The van der Waals surface area contributed by atoms with E-state index in [-0.39, 0.29) is 22.3 Å². The first kappa shape index (κ1) is 25.0. The molecule has 0 fully saturated rings. The fourth-order valence-corrected chi connectivity index (χ4v) is 3.40. The first-order valence-corrected chi connectivity index (χ1v) is 10.5. The number of rotatable bonds is 9. The summed E-state index contributed by atoms with van der Waals surface area (Å²) < 4.78 is 11.7. The second-order valence-electron chi connectivity index (χ2n) is 6.28. The van der Waals surface area contributed by atoms with Crippen LogP contribution >= 0.6 is 22.9 Å². The number of carbonyl (C=O) groups is 1. The Kier molecular flexibility index (Phi) is 9.32. The van der Waals surface area contributed by atoms with Gasteiger partial charge in [-0.2, -0.15) is 5.10 Å². The van der Waals surface area contributed by atoms with Crippen LogP contribution in [0.1, 0.15) is 17.6 Å². The predicted molar refractivity (Wildman–Crippen MR) is 125 cm³/mol. The van der Waals surface area contributed by atoms with E-state index in [2.05, 4.69) is 20.7 Å². The van der Waals surface area contributed by atoms with Crippen LogP contribution in [0.3, 0.4) is 0 Å². The molecule has 2 aromatic rings. The summed E-state index contributed by atoms with van der Waals surface area (Å²) in [4.78, 5) is 17.1. The zero-order chi connectivity index (χ0) is 23.7. The number of halogens is 1. The molecule has 0 aliphatic heterocycles. The Bertz CT molecular complexity index is 1060. The molecule has 10 nitrogen and oxygen atoms in total. The molecular formula is C20H24ClN7O3S. The molecule has 2 amide bonds. The van der Waals surface area contributed by atoms with Gasteiger partial charge < -0.3 is 25.5 Å². The lowest BCUT2D eigenvalue weighted by Crippen LogP contribution is -2.36. The number of ether oxygens (including phenoxy) is 2. The van der Waals surface area contributed by atoms with Crippen molar-refractivity contribution in [3.05, 3.63) is 63.3 Å². The largest absolute Gasteiger partial charge is 0.502 e. The van der Waals surface area contributed by atoms with Gasteiger partial charge in [0.15, 0.2) is 5.84 Å². The Balaban J connectivity index is 2.26. The van der Waals surface area contributed by atoms with E-state index in [9.17, 15) is 4.79 Å². The fourth-order valence-electron chi connectivity index (χ4n) is 2.58. The minimum absolute atomic E-state index is 0.0202. The molecule has 2 heterocycles. The van der Waals surface area contributed by atoms with Crippen LogP contribution < -0.4 is 10.6 Å². The summed E-state index contributed by atoms with van der Waals surface area (Å²) in [6, 6.07) is 1.01. The van der Waals surface area contributed by atoms with Gasteiger partial charge in [-0.3, -0.25) is 5.41 Å². The van der Waals surface area contributed by atoms with E-state index in [0.717, 1.165) is 11.2 Å². The van der Waals surface area contributed by atoms with Crippen LogP contribution in [0.2, 0.25) is 0 Å². The molecule has 2 rings (SSSR count). The molecule has 0 spiro atoms. The third-order valence-electron chi connectivity index (χ3n) is 4.08. The minimum Gasteiger partial charge on any atom is -0.502 e. The van der Waals surface area contributed by atoms with Crippen LogP contribution in [0, 0.1) is 17.7 Å². The zero-order valence-electron chi connectivity index (χ0n) is 18.0. The van der Waals surface area contributed by atoms with Gasteiger partial charge in [-0.1, -0.05) is 11.6 Å². The quantitative estimate of drug-likeness (QED) is 0.189. The highest BCUT2D eigenvalue weighted by Gasteiger charge is 2.20. The van der Waals surface area contributed by atoms with E-state index in [1.807, 2.05) is 12.3 Å². The van der Waals surface area contributed by atoms with Crippen LogP contribution in [0.15, 0.2) is 52.6 Å². The second-order valence-corrected chi connectivity index (χ2v) is 7.75. The van der Waals surface area contributed by atoms with Crippen LogP contribution in [-0.2, 0) is 9.47 Å². The lowest BCUT2D eigenvalue weighted by Gasteiger charge is -2.17. The van der Waals surface area contributed by atoms with Crippen molar-refractivity contribution >= 4 is 46.6 Å². The van der Waals surface area contributed by atoms with Crippen LogP contribution in [0.4, 0.5) is 4.79 Å². The number of carbonyl (C=O) groups excluding carboxylic acids is 1. The summed E-state index contributed by atoms with van der Waals surface area (Å²) in [6.45, 7) is 3.67. The molecule has 0 aliphatic rings. The Morgan fingerprint density at radius 1 is 1.38 bits per heavy atom. The van der Waals surface area contributed by atoms with Crippen molar-refractivity contribution in [3.8, 4) is 0 Å². The van der Waals surface area contributed by atoms with Crippen molar-refractivity contribution < 1.29 is 14.3 Å². The fraction of sp³-hybridized carbons (Fsp3) is 0.250. The topological polar surface area (TPSA) is 138 Å². The number of nitrogens with one attached hydrogen (secondary N) is 4. The van der Waals surface area contributed by atoms with Gasteiger partial charge in [-0.25, -0.2) is 14.5 Å². The average Bonchev–Trinajstić information content (AvgIpc) is 3.44. The van der Waals surface area contributed by atoms with Crippen LogP contribution in [0.25, 0.3) is 5.57 Å². The molecule has 0 saturated carbocycles. The van der Waals surface area contributed by atoms with Crippen molar-refractivity contribution in [2.75, 3.05) is 14.2 Å². The molecule has 0 bridgehead atoms. The van der Waals surface area contributed by atoms with E-state index in [1.54, 1.807) is 19.2 Å². The average molecular weight is 478 g/mol. The SMILES string of the molecule is CO/C=C(/C=C(/Cl)C(=N)n1cccn1)NC(=O)N/C(C=N)=C(/c1csc(C)n1)[C@H](C)OC. The van der Waals surface area contributed by atoms with Crippen molar-refractivity contribution in [2.24, 2.45) is 0 Å². The molecule has 2 aromatic heterocycles. The summed E-state index contributed by atoms with van der Waals surface area (Å²) in [5, 5.41) is 27.8. The number of hydrogen-bond donors (Lipinski definition) is 4. The maximum Gasteiger partial charge on any atom is 0.323 e. The van der Waals surface area contributed by atoms with Gasteiger partial charge in [0.2, 0.25) is 0 Å². The number of thiazole rings is 1. The maximum absolute atomic E-state index is 12.7. The van der Waals surface area contributed by atoms with E-state index >= 15 is 0 Å². The Hall–Kier alpha value is -3.28. The van der Waals surface area contributed by atoms with Gasteiger partial charge in [0.05, 0.1) is 40.3 Å². The first-order valence-electron chi connectivity index (χ1n) is 9.27. The standard InChI is InChI=1S/C20H24ClN7O3S/c1-12(31-4)18(17-11-32-13(2)25-17)16(9-22)27-20(29)26-14(10-30-3)8-15(21)19(23)28-7-5-6-24-28/h5-12,22-23H,1-4H3,(H2,26,27,29)/b14-10-,15-8+,18-16+,22-9?,23-19?/t12-/m0/s1. The number of amides is 2. The number of allylic oxidation sites excluding steroid dienone is 3. The number of hydrogen-bond acceptors (Lipinski definition) is 8. The van der Waals surface area contributed by atoms with Crippen molar-refractivity contribution in [2.45, 2.75) is 20.0 Å². The first-order chi connectivity index (χ1) is 15.3. The number of urea groups is 1. The third-order valence-corrected chi connectivity index (χ3v) is 5.14. The third kappa shape index (κ3) is 6.61. The summed E-state index contributed by atoms with van der Waals surface area (Å²) >= 11 is 7.65. The van der Waals surface area contributed by atoms with Gasteiger partial charge in [-0.05, 0) is 26.0 Å². The smallest absolute Gasteiger partial charge is 0.323 e. The van der Waals surface area contributed by atoms with Gasteiger partial charge in [0, 0.05) is 36.7 Å². The normalized spacial score (nSPS) is 13.8. The highest BCUT2D eigenvalue weighted by molar-refractivity contribution is 7.09. The van der Waals surface area contributed by atoms with Gasteiger partial charge in [0.25, 0.3) is 0 Å². The molecule has 0 aliphatic carbocycles. The molecule has 32 heavy (non-hydrogen) atoms. The zero-order valence-corrected chi connectivity index (χ0v) is 19.5. The Labute approximate surface area is 194 Å². The molecule has 0 unspecified atom stereocenters. The molecule has 170 valence electrons. The summed E-state index contributed by atoms with van der Waals surface area (Å²) in [7, 11) is 2.94. The molecule has 0 aromatic carbocycles. The summed E-state index contributed by atoms with van der Waals surface area (Å²) in [5.41, 5.74) is 1.58. The highest BCUT2D eigenvalue weighted by Crippen LogP contribution is 2.24. The Morgan fingerprint density at radius 3 is 2.66 bits per heavy atom. The number of methoxy groups -OCH3 is 2. The van der Waals surface area contributed by atoms with E-state index in [1.165, 1.54) is 48.8 Å². The lowest BCUT2D eigenvalue weighted by atomic mass is 10.1. The number of aromatic nitrogens is 3. The molecule has 0 saturated heterocycles. The number of nitrogens with zero attached hydrogens (tertiary/aromatic N) is 3. The predicted octanol–water partition coefficient (Wildman–Crippen LogP) is 3.48. The van der Waals surface area contributed by atoms with E-state index in [0.29, 0.717) is 11.3 Å². The highest BCUT2D eigenvalue weighted by atomic mass is 35.5. The number of aryl methyl sites for hydroxylation is 1. The van der Waals surface area contributed by atoms with Gasteiger partial charge in [0.1, 0.15) is 6.26 Å². The maximum atomic E-state index is 12.7. The van der Waals surface area contributed by atoms with Crippen LogP contribution in [0.5, 0.6) is 0 Å². The van der Waals surface area contributed by atoms with Gasteiger partial charge >= 0.3 is 6.03 Å². The summed E-state index contributed by atoms with van der Waals surface area (Å²) in [5.74, 6) is -0.0870. The summed E-state index contributed by atoms with van der Waals surface area (Å²) in [6.07, 6.45) is 6.29. The van der Waals surface area contributed by atoms with Crippen molar-refractivity contribution in [3.63, 3.8) is 0 Å². The molecule has 12 heteroatoms. The second kappa shape index (κ2) is 11.9. The molecule has 0 radical (unpaired) electrons.